The Balaban J connectivity index is 1.74. The van der Waals surface area contributed by atoms with E-state index in [0.29, 0.717) is 27.8 Å². The van der Waals surface area contributed by atoms with Crippen LogP contribution in [0.5, 0.6) is 5.75 Å². The normalized spacial score (nSPS) is 14.9. The summed E-state index contributed by atoms with van der Waals surface area (Å²) in [6, 6.07) is 11.5. The summed E-state index contributed by atoms with van der Waals surface area (Å²) < 4.78 is 5.69. The molecule has 7 heteroatoms. The van der Waals surface area contributed by atoms with Crippen molar-refractivity contribution < 1.29 is 14.3 Å². The Morgan fingerprint density at radius 2 is 1.92 bits per heavy atom. The minimum Gasteiger partial charge on any atom is -0.476 e. The number of hydrogen-bond acceptors (Lipinski definition) is 3. The van der Waals surface area contributed by atoms with Crippen molar-refractivity contribution in [1.29, 1.82) is 0 Å². The lowest BCUT2D eigenvalue weighted by Gasteiger charge is -2.31. The number of ether oxygens (including phenoxy) is 1. The third-order valence-electron chi connectivity index (χ3n) is 3.52. The number of para-hydroxylation sites is 1. The largest absolute Gasteiger partial charge is 0.476 e. The molecule has 0 radical (unpaired) electrons. The Morgan fingerprint density at radius 1 is 1.17 bits per heavy atom. The molecular formula is C17H16ClN3O3. The molecule has 1 aliphatic rings. The van der Waals surface area contributed by atoms with E-state index in [9.17, 15) is 9.59 Å². The average molecular weight is 346 g/mol. The Hall–Kier alpha value is -2.73. The number of carbonyl (C=O) groups is 2. The van der Waals surface area contributed by atoms with Gasteiger partial charge in [-0.25, -0.2) is 4.79 Å². The molecule has 0 saturated heterocycles. The second kappa shape index (κ2) is 6.05. The van der Waals surface area contributed by atoms with Crippen LogP contribution in [-0.2, 0) is 4.79 Å². The van der Waals surface area contributed by atoms with E-state index in [2.05, 4.69) is 16.0 Å². The first kappa shape index (κ1) is 16.1. The minimum atomic E-state index is -0.967. The molecule has 0 spiro atoms. The Kier molecular flexibility index (Phi) is 4.07. The molecular weight excluding hydrogens is 330 g/mol. The fraction of sp³-hybridized carbons (Fsp3) is 0.176. The molecule has 1 heterocycles. The summed E-state index contributed by atoms with van der Waals surface area (Å²) in [6.07, 6.45) is 0. The van der Waals surface area contributed by atoms with Gasteiger partial charge in [0.15, 0.2) is 5.60 Å². The third-order valence-corrected chi connectivity index (χ3v) is 3.85. The Morgan fingerprint density at radius 3 is 2.67 bits per heavy atom. The summed E-state index contributed by atoms with van der Waals surface area (Å²) in [5.41, 5.74) is 0.645. The lowest BCUT2D eigenvalue weighted by molar-refractivity contribution is -0.129. The highest BCUT2D eigenvalue weighted by atomic mass is 35.5. The van der Waals surface area contributed by atoms with Crippen LogP contribution < -0.4 is 20.7 Å². The first-order valence-corrected chi connectivity index (χ1v) is 7.70. The van der Waals surface area contributed by atoms with Gasteiger partial charge in [-0.05, 0) is 38.1 Å². The van der Waals surface area contributed by atoms with E-state index < -0.39 is 11.6 Å². The molecule has 124 valence electrons. The van der Waals surface area contributed by atoms with Gasteiger partial charge in [0.1, 0.15) is 5.75 Å². The second-order valence-electron chi connectivity index (χ2n) is 5.84. The molecule has 6 nitrogen and oxygen atoms in total. The molecule has 0 bridgehead atoms. The smallest absolute Gasteiger partial charge is 0.323 e. The fourth-order valence-electron chi connectivity index (χ4n) is 2.23. The molecule has 3 N–H and O–H groups in total. The molecule has 3 amide bonds. The highest BCUT2D eigenvalue weighted by Gasteiger charge is 2.35. The van der Waals surface area contributed by atoms with Gasteiger partial charge in [0, 0.05) is 11.8 Å². The number of urea groups is 1. The van der Waals surface area contributed by atoms with Gasteiger partial charge in [-0.2, -0.15) is 0 Å². The van der Waals surface area contributed by atoms with Crippen LogP contribution in [0.3, 0.4) is 0 Å². The van der Waals surface area contributed by atoms with E-state index >= 15 is 0 Å². The SMILES string of the molecule is CC1(C)Oc2cc(NC(=O)Nc3ccccc3Cl)ccc2NC1=O. The van der Waals surface area contributed by atoms with Crippen LogP contribution in [0.25, 0.3) is 0 Å². The number of amides is 3. The molecule has 0 aliphatic carbocycles. The fourth-order valence-corrected chi connectivity index (χ4v) is 2.41. The second-order valence-corrected chi connectivity index (χ2v) is 6.24. The van der Waals surface area contributed by atoms with Crippen molar-refractivity contribution >= 4 is 40.6 Å². The molecule has 2 aromatic rings. The number of anilines is 3. The van der Waals surface area contributed by atoms with Crippen LogP contribution in [0.15, 0.2) is 42.5 Å². The predicted octanol–water partition coefficient (Wildman–Crippen LogP) is 4.09. The van der Waals surface area contributed by atoms with E-state index in [4.69, 9.17) is 16.3 Å². The minimum absolute atomic E-state index is 0.216. The Labute approximate surface area is 144 Å². The molecule has 0 saturated carbocycles. The van der Waals surface area contributed by atoms with Gasteiger partial charge in [-0.1, -0.05) is 23.7 Å². The van der Waals surface area contributed by atoms with E-state index in [0.717, 1.165) is 0 Å². The van der Waals surface area contributed by atoms with Crippen LogP contribution in [-0.4, -0.2) is 17.5 Å². The van der Waals surface area contributed by atoms with Crippen molar-refractivity contribution in [1.82, 2.24) is 0 Å². The zero-order valence-corrected chi connectivity index (χ0v) is 13.9. The number of fused-ring (bicyclic) bond motifs is 1. The number of carbonyl (C=O) groups excluding carboxylic acids is 2. The van der Waals surface area contributed by atoms with E-state index in [1.807, 2.05) is 0 Å². The summed E-state index contributed by atoms with van der Waals surface area (Å²) in [7, 11) is 0. The number of rotatable bonds is 2. The number of hydrogen-bond donors (Lipinski definition) is 3. The van der Waals surface area contributed by atoms with Gasteiger partial charge in [-0.3, -0.25) is 4.79 Å². The quantitative estimate of drug-likeness (QED) is 0.766. The summed E-state index contributed by atoms with van der Waals surface area (Å²) in [6.45, 7) is 3.35. The van der Waals surface area contributed by atoms with Crippen molar-refractivity contribution in [2.45, 2.75) is 19.4 Å². The van der Waals surface area contributed by atoms with Crippen LogP contribution in [0.2, 0.25) is 5.02 Å². The van der Waals surface area contributed by atoms with Gasteiger partial charge in [0.05, 0.1) is 16.4 Å². The van der Waals surface area contributed by atoms with E-state index in [1.165, 1.54) is 0 Å². The molecule has 0 fully saturated rings. The maximum absolute atomic E-state index is 12.1. The zero-order valence-electron chi connectivity index (χ0n) is 13.1. The molecule has 2 aromatic carbocycles. The van der Waals surface area contributed by atoms with Crippen LogP contribution >= 0.6 is 11.6 Å². The van der Waals surface area contributed by atoms with Crippen molar-refractivity contribution in [3.8, 4) is 5.75 Å². The van der Waals surface area contributed by atoms with Gasteiger partial charge in [0.2, 0.25) is 0 Å². The van der Waals surface area contributed by atoms with Gasteiger partial charge in [0.25, 0.3) is 5.91 Å². The van der Waals surface area contributed by atoms with Crippen molar-refractivity contribution in [2.75, 3.05) is 16.0 Å². The topological polar surface area (TPSA) is 79.5 Å². The van der Waals surface area contributed by atoms with Gasteiger partial charge < -0.3 is 20.7 Å². The number of benzene rings is 2. The van der Waals surface area contributed by atoms with E-state index in [1.54, 1.807) is 56.3 Å². The highest BCUT2D eigenvalue weighted by molar-refractivity contribution is 6.33. The third kappa shape index (κ3) is 3.28. The summed E-state index contributed by atoms with van der Waals surface area (Å²) in [5.74, 6) is 0.280. The summed E-state index contributed by atoms with van der Waals surface area (Å²) in [5, 5.41) is 8.59. The van der Waals surface area contributed by atoms with Crippen molar-refractivity contribution in [3.05, 3.63) is 47.5 Å². The van der Waals surface area contributed by atoms with Gasteiger partial charge in [-0.15, -0.1) is 0 Å². The van der Waals surface area contributed by atoms with Gasteiger partial charge >= 0.3 is 6.03 Å². The molecule has 1 aliphatic heterocycles. The molecule has 3 rings (SSSR count). The lowest BCUT2D eigenvalue weighted by atomic mass is 10.1. The summed E-state index contributed by atoms with van der Waals surface area (Å²) >= 11 is 6.01. The number of nitrogens with one attached hydrogen (secondary N) is 3. The summed E-state index contributed by atoms with van der Waals surface area (Å²) in [4.78, 5) is 23.9. The molecule has 0 unspecified atom stereocenters. The molecule has 0 atom stereocenters. The highest BCUT2D eigenvalue weighted by Crippen LogP contribution is 2.35. The monoisotopic (exact) mass is 345 g/mol. The lowest BCUT2D eigenvalue weighted by Crippen LogP contribution is -2.45. The predicted molar refractivity (Wildman–Crippen MR) is 93.9 cm³/mol. The molecule has 24 heavy (non-hydrogen) atoms. The van der Waals surface area contributed by atoms with Crippen LogP contribution in [0, 0.1) is 0 Å². The maximum Gasteiger partial charge on any atom is 0.323 e. The number of halogens is 1. The first-order chi connectivity index (χ1) is 11.3. The van der Waals surface area contributed by atoms with Crippen LogP contribution in [0.4, 0.5) is 21.9 Å². The first-order valence-electron chi connectivity index (χ1n) is 7.32. The standard InChI is InChI=1S/C17H16ClN3O3/c1-17(2)15(22)20-13-8-7-10(9-14(13)24-17)19-16(23)21-12-6-4-3-5-11(12)18/h3-9H,1-2H3,(H,20,22)(H2,19,21,23). The Bertz CT molecular complexity index is 820. The zero-order chi connectivity index (χ0) is 17.3. The maximum atomic E-state index is 12.1. The average Bonchev–Trinajstić information content (AvgIpc) is 2.50. The van der Waals surface area contributed by atoms with E-state index in [-0.39, 0.29) is 5.91 Å². The molecule has 0 aromatic heterocycles. The van der Waals surface area contributed by atoms with Crippen molar-refractivity contribution in [3.63, 3.8) is 0 Å². The van der Waals surface area contributed by atoms with Crippen LogP contribution in [0.1, 0.15) is 13.8 Å². The van der Waals surface area contributed by atoms with Crippen molar-refractivity contribution in [2.24, 2.45) is 0 Å².